The topological polar surface area (TPSA) is 46.5 Å². The van der Waals surface area contributed by atoms with Crippen LogP contribution in [0.4, 0.5) is 0 Å². The summed E-state index contributed by atoms with van der Waals surface area (Å²) in [4.78, 5) is 0. The molecule has 4 atom stereocenters. The van der Waals surface area contributed by atoms with E-state index < -0.39 is 23.0 Å². The molecular formula is C12H15ClO3S. The van der Waals surface area contributed by atoms with Crippen LogP contribution >= 0.6 is 11.6 Å². The molecule has 17 heavy (non-hydrogen) atoms. The van der Waals surface area contributed by atoms with Crippen molar-refractivity contribution < 1.29 is 14.1 Å². The summed E-state index contributed by atoms with van der Waals surface area (Å²) in [6, 6.07) is 9.70. The number of halogens is 1. The molecule has 1 heterocycles. The molecule has 94 valence electrons. The Morgan fingerprint density at radius 1 is 1.41 bits per heavy atom. The molecule has 1 fully saturated rings. The quantitative estimate of drug-likeness (QED) is 0.842. The van der Waals surface area contributed by atoms with Gasteiger partial charge in [0.1, 0.15) is 6.10 Å². The molecule has 5 heteroatoms. The van der Waals surface area contributed by atoms with Crippen molar-refractivity contribution in [2.24, 2.45) is 0 Å². The second-order valence-electron chi connectivity index (χ2n) is 4.07. The van der Waals surface area contributed by atoms with Gasteiger partial charge in [-0.25, -0.2) is 0 Å². The van der Waals surface area contributed by atoms with E-state index in [9.17, 15) is 9.32 Å². The molecule has 0 aliphatic carbocycles. The minimum Gasteiger partial charge on any atom is -0.389 e. The smallest absolute Gasteiger partial charge is 0.100 e. The molecule has 1 aliphatic heterocycles. The summed E-state index contributed by atoms with van der Waals surface area (Å²) in [6.45, 7) is 0.410. The van der Waals surface area contributed by atoms with Gasteiger partial charge in [-0.2, -0.15) is 0 Å². The first kappa shape index (κ1) is 13.0. The van der Waals surface area contributed by atoms with E-state index in [4.69, 9.17) is 16.3 Å². The van der Waals surface area contributed by atoms with Gasteiger partial charge in [0.05, 0.1) is 23.7 Å². The van der Waals surface area contributed by atoms with Crippen molar-refractivity contribution in [3.8, 4) is 0 Å². The molecule has 0 amide bonds. The summed E-state index contributed by atoms with van der Waals surface area (Å²) in [7, 11) is -1.09. The van der Waals surface area contributed by atoms with Gasteiger partial charge in [0, 0.05) is 16.7 Å². The lowest BCUT2D eigenvalue weighted by molar-refractivity contribution is -0.0275. The fourth-order valence-corrected chi connectivity index (χ4v) is 4.00. The van der Waals surface area contributed by atoms with Crippen molar-refractivity contribution in [2.45, 2.75) is 24.1 Å². The molecule has 0 bridgehead atoms. The Bertz CT molecular complexity index is 385. The highest BCUT2D eigenvalue weighted by molar-refractivity contribution is 7.86. The Morgan fingerprint density at radius 3 is 2.76 bits per heavy atom. The first-order valence-corrected chi connectivity index (χ1v) is 7.40. The second-order valence-corrected chi connectivity index (χ2v) is 6.08. The number of alkyl halides is 1. The first-order valence-electron chi connectivity index (χ1n) is 5.49. The Hall–Kier alpha value is -0.420. The lowest BCUT2D eigenvalue weighted by Gasteiger charge is -2.19. The number of aliphatic hydroxyl groups is 1. The van der Waals surface area contributed by atoms with Crippen molar-refractivity contribution in [1.82, 2.24) is 0 Å². The average molecular weight is 275 g/mol. The minimum absolute atomic E-state index is 0.253. The molecule has 4 unspecified atom stereocenters. The molecule has 1 aliphatic rings. The summed E-state index contributed by atoms with van der Waals surface area (Å²) in [5.74, 6) is 0.514. The largest absolute Gasteiger partial charge is 0.389 e. The summed E-state index contributed by atoms with van der Waals surface area (Å²) >= 11 is 5.76. The van der Waals surface area contributed by atoms with Crippen molar-refractivity contribution in [3.63, 3.8) is 0 Å². The van der Waals surface area contributed by atoms with E-state index in [0.717, 1.165) is 5.56 Å². The van der Waals surface area contributed by atoms with E-state index in [1.165, 1.54) is 0 Å². The maximum Gasteiger partial charge on any atom is 0.100 e. The Balaban J connectivity index is 1.96. The maximum atomic E-state index is 11.6. The van der Waals surface area contributed by atoms with E-state index in [0.29, 0.717) is 6.61 Å². The van der Waals surface area contributed by atoms with Crippen molar-refractivity contribution >= 4 is 22.4 Å². The summed E-state index contributed by atoms with van der Waals surface area (Å²) in [5, 5.41) is 9.49. The third kappa shape index (κ3) is 3.07. The molecular weight excluding hydrogens is 260 g/mol. The first-order chi connectivity index (χ1) is 8.22. The van der Waals surface area contributed by atoms with E-state index >= 15 is 0 Å². The fourth-order valence-electron chi connectivity index (χ4n) is 1.93. The van der Waals surface area contributed by atoms with Gasteiger partial charge in [-0.15, -0.1) is 11.6 Å². The lowest BCUT2D eigenvalue weighted by atomic mass is 10.1. The maximum absolute atomic E-state index is 11.6. The normalized spacial score (nSPS) is 32.8. The molecule has 1 aromatic carbocycles. The highest BCUT2D eigenvalue weighted by atomic mass is 35.5. The molecule has 3 nitrogen and oxygen atoms in total. The Morgan fingerprint density at radius 2 is 2.12 bits per heavy atom. The SMILES string of the molecule is O=S1CC(O)C(OCc2ccccc2)C1CCl. The van der Waals surface area contributed by atoms with Gasteiger partial charge in [-0.1, -0.05) is 30.3 Å². The summed E-state index contributed by atoms with van der Waals surface area (Å²) in [5.41, 5.74) is 1.03. The molecule has 0 radical (unpaired) electrons. The van der Waals surface area contributed by atoms with Crippen LogP contribution in [0.2, 0.25) is 0 Å². The van der Waals surface area contributed by atoms with Crippen LogP contribution in [0.25, 0.3) is 0 Å². The third-order valence-corrected chi connectivity index (χ3v) is 5.15. The predicted molar refractivity (Wildman–Crippen MR) is 68.5 cm³/mol. The van der Waals surface area contributed by atoms with Gasteiger partial charge in [0.2, 0.25) is 0 Å². The lowest BCUT2D eigenvalue weighted by Crippen LogP contribution is -2.34. The highest BCUT2D eigenvalue weighted by Crippen LogP contribution is 2.23. The standard InChI is InChI=1S/C12H15ClO3S/c13-6-11-12(10(14)8-17(11)15)16-7-9-4-2-1-3-5-9/h1-5,10-12,14H,6-8H2. The van der Waals surface area contributed by atoms with Gasteiger partial charge in [-0.05, 0) is 5.56 Å². The summed E-state index contributed by atoms with van der Waals surface area (Å²) in [6.07, 6.45) is -1.10. The van der Waals surface area contributed by atoms with Crippen LogP contribution in [0, 0.1) is 0 Å². The Kier molecular flexibility index (Phi) is 4.56. The van der Waals surface area contributed by atoms with E-state index in [-0.39, 0.29) is 16.9 Å². The van der Waals surface area contributed by atoms with E-state index in [2.05, 4.69) is 0 Å². The van der Waals surface area contributed by atoms with Crippen molar-refractivity contribution in [1.29, 1.82) is 0 Å². The zero-order chi connectivity index (χ0) is 12.3. The van der Waals surface area contributed by atoms with Crippen molar-refractivity contribution in [3.05, 3.63) is 35.9 Å². The van der Waals surface area contributed by atoms with Crippen LogP contribution in [-0.4, -0.2) is 38.4 Å². The van der Waals surface area contributed by atoms with Gasteiger partial charge < -0.3 is 9.84 Å². The zero-order valence-electron chi connectivity index (χ0n) is 9.29. The van der Waals surface area contributed by atoms with Crippen LogP contribution in [0.5, 0.6) is 0 Å². The molecule has 1 N–H and O–H groups in total. The van der Waals surface area contributed by atoms with Gasteiger partial charge in [0.15, 0.2) is 0 Å². The fraction of sp³-hybridized carbons (Fsp3) is 0.500. The number of benzene rings is 1. The molecule has 0 aromatic heterocycles. The van der Waals surface area contributed by atoms with Crippen molar-refractivity contribution in [2.75, 3.05) is 11.6 Å². The minimum atomic E-state index is -1.09. The summed E-state index contributed by atoms with van der Waals surface area (Å²) < 4.78 is 17.3. The van der Waals surface area contributed by atoms with Gasteiger partial charge >= 0.3 is 0 Å². The Labute approximate surface area is 108 Å². The third-order valence-electron chi connectivity index (χ3n) is 2.86. The molecule has 2 rings (SSSR count). The second kappa shape index (κ2) is 5.96. The number of hydrogen-bond donors (Lipinski definition) is 1. The zero-order valence-corrected chi connectivity index (χ0v) is 10.9. The van der Waals surface area contributed by atoms with Crippen LogP contribution in [-0.2, 0) is 22.1 Å². The monoisotopic (exact) mass is 274 g/mol. The number of rotatable bonds is 4. The average Bonchev–Trinajstić information content (AvgIpc) is 2.62. The molecule has 1 saturated heterocycles. The van der Waals surface area contributed by atoms with Gasteiger partial charge in [-0.3, -0.25) is 4.21 Å². The van der Waals surface area contributed by atoms with Gasteiger partial charge in [0.25, 0.3) is 0 Å². The highest BCUT2D eigenvalue weighted by Gasteiger charge is 2.41. The van der Waals surface area contributed by atoms with E-state index in [1.807, 2.05) is 30.3 Å². The molecule has 1 aromatic rings. The number of hydrogen-bond acceptors (Lipinski definition) is 3. The van der Waals surface area contributed by atoms with Crippen LogP contribution in [0.1, 0.15) is 5.56 Å². The van der Waals surface area contributed by atoms with Crippen LogP contribution < -0.4 is 0 Å². The van der Waals surface area contributed by atoms with Crippen LogP contribution in [0.15, 0.2) is 30.3 Å². The number of aliphatic hydroxyl groups excluding tert-OH is 1. The molecule has 0 saturated carbocycles. The predicted octanol–water partition coefficient (Wildman–Crippen LogP) is 1.30. The number of ether oxygens (including phenoxy) is 1. The van der Waals surface area contributed by atoms with E-state index in [1.54, 1.807) is 0 Å². The molecule has 0 spiro atoms. The van der Waals surface area contributed by atoms with Crippen LogP contribution in [0.3, 0.4) is 0 Å².